The van der Waals surface area contributed by atoms with Crippen LogP contribution < -0.4 is 4.90 Å². The number of rotatable bonds is 3. The lowest BCUT2D eigenvalue weighted by molar-refractivity contribution is 0.0526. The Bertz CT molecular complexity index is 879. The van der Waals surface area contributed by atoms with Gasteiger partial charge in [-0.25, -0.2) is 4.79 Å². The van der Waals surface area contributed by atoms with Gasteiger partial charge in [0.25, 0.3) is 0 Å². The van der Waals surface area contributed by atoms with E-state index in [2.05, 4.69) is 47.8 Å². The lowest BCUT2D eigenvalue weighted by atomic mass is 10.00. The molecule has 5 heteroatoms. The third-order valence-corrected chi connectivity index (χ3v) is 6.49. The molecule has 1 aromatic heterocycles. The number of fused-ring (bicyclic) bond motifs is 3. The number of nitrogens with zero attached hydrogens (tertiary/aromatic N) is 3. The average molecular weight is 367 g/mol. The second kappa shape index (κ2) is 7.12. The predicted octanol–water partition coefficient (Wildman–Crippen LogP) is 3.70. The Labute approximate surface area is 161 Å². The van der Waals surface area contributed by atoms with Gasteiger partial charge in [0.05, 0.1) is 17.8 Å². The number of pyridine rings is 1. The van der Waals surface area contributed by atoms with Crippen LogP contribution in [0, 0.1) is 13.8 Å². The molecule has 144 valence electrons. The van der Waals surface area contributed by atoms with Crippen LogP contribution in [-0.2, 0) is 4.74 Å². The van der Waals surface area contributed by atoms with Crippen LogP contribution in [0.25, 0.3) is 10.9 Å². The number of esters is 1. The fraction of sp³-hybridized carbons (Fsp3) is 0.545. The fourth-order valence-electron chi connectivity index (χ4n) is 4.70. The lowest BCUT2D eigenvalue weighted by Gasteiger charge is -2.30. The molecule has 2 saturated heterocycles. The van der Waals surface area contributed by atoms with Crippen molar-refractivity contribution in [1.82, 2.24) is 9.88 Å². The van der Waals surface area contributed by atoms with E-state index in [0.29, 0.717) is 24.3 Å². The topological polar surface area (TPSA) is 45.7 Å². The predicted molar refractivity (Wildman–Crippen MR) is 109 cm³/mol. The number of hydrogen-bond acceptors (Lipinski definition) is 5. The summed E-state index contributed by atoms with van der Waals surface area (Å²) in [6, 6.07) is 5.45. The van der Waals surface area contributed by atoms with E-state index in [1.807, 2.05) is 6.92 Å². The van der Waals surface area contributed by atoms with Crippen molar-refractivity contribution in [3.05, 3.63) is 35.0 Å². The molecular weight excluding hydrogens is 338 g/mol. The summed E-state index contributed by atoms with van der Waals surface area (Å²) in [5.74, 6) is -0.275. The minimum Gasteiger partial charge on any atom is -0.462 e. The van der Waals surface area contributed by atoms with Crippen molar-refractivity contribution in [3.8, 4) is 0 Å². The van der Waals surface area contributed by atoms with Crippen molar-refractivity contribution >= 4 is 22.6 Å². The molecule has 0 spiro atoms. The first-order valence-corrected chi connectivity index (χ1v) is 10.0. The van der Waals surface area contributed by atoms with Crippen LogP contribution in [0.2, 0.25) is 0 Å². The zero-order chi connectivity index (χ0) is 19.1. The molecule has 2 aliphatic rings. The number of aryl methyl sites for hydroxylation is 2. The summed E-state index contributed by atoms with van der Waals surface area (Å²) >= 11 is 0. The molecular formula is C22H29N3O2. The van der Waals surface area contributed by atoms with Gasteiger partial charge in [0.2, 0.25) is 0 Å². The van der Waals surface area contributed by atoms with Crippen LogP contribution in [0.4, 0.5) is 5.69 Å². The van der Waals surface area contributed by atoms with E-state index in [0.717, 1.165) is 36.1 Å². The average Bonchev–Trinajstić information content (AvgIpc) is 2.90. The molecule has 27 heavy (non-hydrogen) atoms. The molecule has 0 amide bonds. The molecule has 2 unspecified atom stereocenters. The minimum atomic E-state index is -0.275. The van der Waals surface area contributed by atoms with Gasteiger partial charge >= 0.3 is 5.97 Å². The van der Waals surface area contributed by atoms with Crippen molar-refractivity contribution in [3.63, 3.8) is 0 Å². The highest BCUT2D eigenvalue weighted by Crippen LogP contribution is 2.37. The van der Waals surface area contributed by atoms with Crippen LogP contribution in [0.15, 0.2) is 18.3 Å². The summed E-state index contributed by atoms with van der Waals surface area (Å²) in [5, 5.41) is 1.06. The highest BCUT2D eigenvalue weighted by molar-refractivity contribution is 6.06. The van der Waals surface area contributed by atoms with Crippen LogP contribution >= 0.6 is 0 Å². The van der Waals surface area contributed by atoms with E-state index in [1.165, 1.54) is 24.0 Å². The number of hydrogen-bond donors (Lipinski definition) is 0. The van der Waals surface area contributed by atoms with Crippen molar-refractivity contribution in [2.75, 3.05) is 31.6 Å². The SMILES string of the molecule is CCOC(=O)c1cnc2c(C)c(C)ccc2c1N1CCC2CCC(C1)N2C. The van der Waals surface area contributed by atoms with E-state index in [9.17, 15) is 4.79 Å². The Kier molecular flexibility index (Phi) is 4.81. The Morgan fingerprint density at radius 1 is 1.22 bits per heavy atom. The largest absolute Gasteiger partial charge is 0.462 e. The van der Waals surface area contributed by atoms with E-state index >= 15 is 0 Å². The number of carbonyl (C=O) groups excluding carboxylic acids is 1. The smallest absolute Gasteiger partial charge is 0.341 e. The third kappa shape index (κ3) is 3.08. The molecule has 0 aliphatic carbocycles. The van der Waals surface area contributed by atoms with Crippen molar-refractivity contribution in [2.45, 2.75) is 52.1 Å². The van der Waals surface area contributed by atoms with Gasteiger partial charge in [-0.15, -0.1) is 0 Å². The highest BCUT2D eigenvalue weighted by Gasteiger charge is 2.36. The Morgan fingerprint density at radius 2 is 2.00 bits per heavy atom. The van der Waals surface area contributed by atoms with E-state index in [-0.39, 0.29) is 5.97 Å². The number of carbonyl (C=O) groups is 1. The summed E-state index contributed by atoms with van der Waals surface area (Å²) < 4.78 is 5.36. The van der Waals surface area contributed by atoms with Gasteiger partial charge in [-0.05, 0) is 58.2 Å². The van der Waals surface area contributed by atoms with Gasteiger partial charge in [0, 0.05) is 36.8 Å². The van der Waals surface area contributed by atoms with E-state index in [4.69, 9.17) is 4.74 Å². The first-order chi connectivity index (χ1) is 13.0. The molecule has 5 nitrogen and oxygen atoms in total. The van der Waals surface area contributed by atoms with Crippen LogP contribution in [-0.4, -0.2) is 54.7 Å². The first kappa shape index (κ1) is 18.2. The summed E-state index contributed by atoms with van der Waals surface area (Å²) in [5.41, 5.74) is 4.98. The number of likely N-dealkylation sites (N-methyl/N-ethyl adjacent to an activating group) is 1. The van der Waals surface area contributed by atoms with Gasteiger partial charge in [0.15, 0.2) is 0 Å². The fourth-order valence-corrected chi connectivity index (χ4v) is 4.70. The molecule has 0 saturated carbocycles. The second-order valence-corrected chi connectivity index (χ2v) is 7.93. The van der Waals surface area contributed by atoms with Crippen LogP contribution in [0.1, 0.15) is 47.7 Å². The van der Waals surface area contributed by atoms with Gasteiger partial charge in [-0.3, -0.25) is 9.88 Å². The highest BCUT2D eigenvalue weighted by atomic mass is 16.5. The second-order valence-electron chi connectivity index (χ2n) is 7.93. The maximum Gasteiger partial charge on any atom is 0.341 e. The van der Waals surface area contributed by atoms with Gasteiger partial charge < -0.3 is 9.64 Å². The Hall–Kier alpha value is -2.14. The lowest BCUT2D eigenvalue weighted by Crippen LogP contribution is -2.37. The molecule has 2 fully saturated rings. The summed E-state index contributed by atoms with van der Waals surface area (Å²) in [6.07, 6.45) is 5.36. The third-order valence-electron chi connectivity index (χ3n) is 6.49. The van der Waals surface area contributed by atoms with Gasteiger partial charge in [-0.2, -0.15) is 0 Å². The normalized spacial score (nSPS) is 22.9. The van der Waals surface area contributed by atoms with Crippen molar-refractivity contribution in [2.24, 2.45) is 0 Å². The summed E-state index contributed by atoms with van der Waals surface area (Å²) in [4.78, 5) is 22.3. The van der Waals surface area contributed by atoms with E-state index < -0.39 is 0 Å². The zero-order valence-electron chi connectivity index (χ0n) is 16.8. The Morgan fingerprint density at radius 3 is 2.78 bits per heavy atom. The number of anilines is 1. The van der Waals surface area contributed by atoms with Crippen LogP contribution in [0.5, 0.6) is 0 Å². The maximum absolute atomic E-state index is 12.7. The number of benzene rings is 1. The van der Waals surface area contributed by atoms with Crippen molar-refractivity contribution in [1.29, 1.82) is 0 Å². The van der Waals surface area contributed by atoms with E-state index in [1.54, 1.807) is 6.20 Å². The molecule has 1 aromatic carbocycles. The Balaban J connectivity index is 1.86. The van der Waals surface area contributed by atoms with Crippen molar-refractivity contribution < 1.29 is 9.53 Å². The zero-order valence-corrected chi connectivity index (χ0v) is 16.8. The summed E-state index contributed by atoms with van der Waals surface area (Å²) in [6.45, 7) is 8.34. The molecule has 3 heterocycles. The quantitative estimate of drug-likeness (QED) is 0.774. The first-order valence-electron chi connectivity index (χ1n) is 10.0. The number of aromatic nitrogens is 1. The molecule has 0 radical (unpaired) electrons. The maximum atomic E-state index is 12.7. The van der Waals surface area contributed by atoms with Gasteiger partial charge in [-0.1, -0.05) is 12.1 Å². The molecule has 2 bridgehead atoms. The monoisotopic (exact) mass is 367 g/mol. The standard InChI is InChI=1S/C22H29N3O2/c1-5-27-22(26)19-12-23-20-15(3)14(2)6-9-18(20)21(19)25-11-10-16-7-8-17(13-25)24(16)4/h6,9,12,16-17H,5,7-8,10-11,13H2,1-4H3. The van der Waals surface area contributed by atoms with Crippen LogP contribution in [0.3, 0.4) is 0 Å². The summed E-state index contributed by atoms with van der Waals surface area (Å²) in [7, 11) is 2.25. The molecule has 2 aliphatic heterocycles. The van der Waals surface area contributed by atoms with Gasteiger partial charge in [0.1, 0.15) is 5.56 Å². The molecule has 4 rings (SSSR count). The molecule has 2 atom stereocenters. The molecule has 2 aromatic rings. The number of ether oxygens (including phenoxy) is 1. The molecule has 0 N–H and O–H groups in total. The minimum absolute atomic E-state index is 0.275.